The number of benzene rings is 2. The molecule has 1 aliphatic heterocycles. The molecule has 0 unspecified atom stereocenters. The number of carbonyl (C=O) groups is 3. The molecule has 2 N–H and O–H groups in total. The number of nitro groups is 1. The van der Waals surface area contributed by atoms with Gasteiger partial charge in [-0.15, -0.1) is 0 Å². The van der Waals surface area contributed by atoms with Crippen LogP contribution in [0.2, 0.25) is 15.1 Å². The molecule has 1 atom stereocenters. The fourth-order valence-corrected chi connectivity index (χ4v) is 3.74. The van der Waals surface area contributed by atoms with Crippen molar-refractivity contribution >= 4 is 64.0 Å². The van der Waals surface area contributed by atoms with Crippen molar-refractivity contribution in [1.82, 2.24) is 10.2 Å². The monoisotopic (exact) mass is 470 g/mol. The van der Waals surface area contributed by atoms with Crippen LogP contribution >= 0.6 is 34.8 Å². The second-order valence-electron chi connectivity index (χ2n) is 6.54. The Morgan fingerprint density at radius 2 is 1.87 bits per heavy atom. The van der Waals surface area contributed by atoms with Gasteiger partial charge in [-0.25, -0.2) is 4.79 Å². The lowest BCUT2D eigenvalue weighted by molar-refractivity contribution is -0.384. The highest BCUT2D eigenvalue weighted by molar-refractivity contribution is 6.35. The number of hydrogen-bond donors (Lipinski definition) is 2. The van der Waals surface area contributed by atoms with E-state index in [4.69, 9.17) is 34.8 Å². The van der Waals surface area contributed by atoms with Gasteiger partial charge in [-0.2, -0.15) is 0 Å². The number of halogens is 3. The average Bonchev–Trinajstić information content (AvgIpc) is 2.87. The van der Waals surface area contributed by atoms with Gasteiger partial charge in [0, 0.05) is 27.7 Å². The van der Waals surface area contributed by atoms with Gasteiger partial charge in [-0.3, -0.25) is 24.6 Å². The van der Waals surface area contributed by atoms with Crippen LogP contribution < -0.4 is 10.6 Å². The molecule has 2 aromatic carbocycles. The summed E-state index contributed by atoms with van der Waals surface area (Å²) in [7, 11) is 0. The first-order valence-corrected chi connectivity index (χ1v) is 9.50. The van der Waals surface area contributed by atoms with Crippen molar-refractivity contribution in [3.8, 4) is 0 Å². The predicted molar refractivity (Wildman–Crippen MR) is 111 cm³/mol. The maximum absolute atomic E-state index is 12.9. The first-order chi connectivity index (χ1) is 14.0. The van der Waals surface area contributed by atoms with E-state index in [1.807, 2.05) is 0 Å². The standard InChI is InChI=1S/C18H13Cl3N4O5/c1-18(11-4-2-9(19)6-13(11)21)16(27)24(17(28)23-18)8-15(26)22-14-7-10(25(29)30)3-5-12(14)20/h2-7H,8H2,1H3,(H,22,26)(H,23,28)/t18-/m1/s1. The quantitative estimate of drug-likeness (QED) is 0.388. The Balaban J connectivity index is 1.80. The summed E-state index contributed by atoms with van der Waals surface area (Å²) in [5.41, 5.74) is -1.49. The highest BCUT2D eigenvalue weighted by Gasteiger charge is 2.50. The van der Waals surface area contributed by atoms with E-state index >= 15 is 0 Å². The van der Waals surface area contributed by atoms with Gasteiger partial charge in [0.1, 0.15) is 12.1 Å². The van der Waals surface area contributed by atoms with Gasteiger partial charge in [0.25, 0.3) is 11.6 Å². The van der Waals surface area contributed by atoms with E-state index < -0.39 is 34.9 Å². The van der Waals surface area contributed by atoms with Crippen LogP contribution in [0.1, 0.15) is 12.5 Å². The van der Waals surface area contributed by atoms with Crippen molar-refractivity contribution in [2.75, 3.05) is 11.9 Å². The van der Waals surface area contributed by atoms with Crippen LogP contribution in [0.4, 0.5) is 16.2 Å². The summed E-state index contributed by atoms with van der Waals surface area (Å²) in [5, 5.41) is 16.4. The first kappa shape index (κ1) is 21.8. The Kier molecular flexibility index (Phi) is 5.89. The van der Waals surface area contributed by atoms with Gasteiger partial charge >= 0.3 is 6.03 Å². The second kappa shape index (κ2) is 8.10. The lowest BCUT2D eigenvalue weighted by atomic mass is 9.92. The number of nitrogens with zero attached hydrogens (tertiary/aromatic N) is 2. The van der Waals surface area contributed by atoms with Gasteiger partial charge in [-0.1, -0.05) is 40.9 Å². The average molecular weight is 472 g/mol. The zero-order chi connectivity index (χ0) is 22.2. The lowest BCUT2D eigenvalue weighted by Gasteiger charge is -2.23. The minimum absolute atomic E-state index is 0.0218. The van der Waals surface area contributed by atoms with Crippen molar-refractivity contribution in [2.24, 2.45) is 0 Å². The number of anilines is 1. The van der Waals surface area contributed by atoms with E-state index in [0.717, 1.165) is 6.07 Å². The third kappa shape index (κ3) is 4.04. The van der Waals surface area contributed by atoms with E-state index in [1.165, 1.54) is 37.3 Å². The molecule has 156 valence electrons. The van der Waals surface area contributed by atoms with Crippen LogP contribution in [-0.2, 0) is 15.1 Å². The van der Waals surface area contributed by atoms with Crippen LogP contribution in [0.3, 0.4) is 0 Å². The van der Waals surface area contributed by atoms with E-state index in [1.54, 1.807) is 0 Å². The number of carbonyl (C=O) groups excluding carboxylic acids is 3. The molecule has 1 fully saturated rings. The number of amides is 4. The zero-order valence-corrected chi connectivity index (χ0v) is 17.5. The largest absolute Gasteiger partial charge is 0.325 e. The third-order valence-corrected chi connectivity index (χ3v) is 5.36. The smallest absolute Gasteiger partial charge is 0.323 e. The molecular formula is C18H13Cl3N4O5. The molecule has 12 heteroatoms. The fraction of sp³-hybridized carbons (Fsp3) is 0.167. The van der Waals surface area contributed by atoms with Gasteiger partial charge in [0.15, 0.2) is 0 Å². The third-order valence-electron chi connectivity index (χ3n) is 4.48. The van der Waals surface area contributed by atoms with Gasteiger partial charge in [0.2, 0.25) is 5.91 Å². The van der Waals surface area contributed by atoms with Crippen molar-refractivity contribution < 1.29 is 19.3 Å². The Hall–Kier alpha value is -2.88. The maximum atomic E-state index is 12.9. The molecule has 0 aliphatic carbocycles. The summed E-state index contributed by atoms with van der Waals surface area (Å²) in [4.78, 5) is 48.7. The number of nitrogens with one attached hydrogen (secondary N) is 2. The van der Waals surface area contributed by atoms with Crippen molar-refractivity contribution in [2.45, 2.75) is 12.5 Å². The molecule has 1 aliphatic rings. The fourth-order valence-electron chi connectivity index (χ4n) is 2.97. The molecule has 1 saturated heterocycles. The molecule has 0 radical (unpaired) electrons. The van der Waals surface area contributed by atoms with E-state index in [-0.39, 0.29) is 21.4 Å². The zero-order valence-electron chi connectivity index (χ0n) is 15.2. The van der Waals surface area contributed by atoms with Crippen LogP contribution in [0.25, 0.3) is 0 Å². The topological polar surface area (TPSA) is 122 Å². The highest BCUT2D eigenvalue weighted by Crippen LogP contribution is 2.35. The molecule has 0 aromatic heterocycles. The highest BCUT2D eigenvalue weighted by atomic mass is 35.5. The summed E-state index contributed by atoms with van der Waals surface area (Å²) in [6.45, 7) is 0.822. The van der Waals surface area contributed by atoms with Crippen LogP contribution in [0.15, 0.2) is 36.4 Å². The number of nitro benzene ring substituents is 1. The van der Waals surface area contributed by atoms with Crippen LogP contribution in [0, 0.1) is 10.1 Å². The number of rotatable bonds is 5. The first-order valence-electron chi connectivity index (χ1n) is 8.36. The lowest BCUT2D eigenvalue weighted by Crippen LogP contribution is -2.42. The molecule has 0 saturated carbocycles. The molecule has 30 heavy (non-hydrogen) atoms. The Morgan fingerprint density at radius 3 is 2.50 bits per heavy atom. The Bertz CT molecular complexity index is 1090. The normalized spacial score (nSPS) is 18.3. The minimum Gasteiger partial charge on any atom is -0.323 e. The Morgan fingerprint density at radius 1 is 1.17 bits per heavy atom. The van der Waals surface area contributed by atoms with Gasteiger partial charge in [0.05, 0.1) is 15.6 Å². The summed E-state index contributed by atoms with van der Waals surface area (Å²) in [5.74, 6) is -1.47. The van der Waals surface area contributed by atoms with Gasteiger partial charge < -0.3 is 10.6 Å². The van der Waals surface area contributed by atoms with E-state index in [9.17, 15) is 24.5 Å². The van der Waals surface area contributed by atoms with E-state index in [2.05, 4.69) is 10.6 Å². The number of hydrogen-bond acceptors (Lipinski definition) is 5. The van der Waals surface area contributed by atoms with Gasteiger partial charge in [-0.05, 0) is 25.1 Å². The van der Waals surface area contributed by atoms with Crippen molar-refractivity contribution in [3.63, 3.8) is 0 Å². The van der Waals surface area contributed by atoms with E-state index in [0.29, 0.717) is 15.5 Å². The van der Waals surface area contributed by atoms with Crippen molar-refractivity contribution in [1.29, 1.82) is 0 Å². The molecule has 1 heterocycles. The molecule has 3 rings (SSSR count). The number of imide groups is 1. The molecular weight excluding hydrogens is 459 g/mol. The molecule has 9 nitrogen and oxygen atoms in total. The minimum atomic E-state index is -1.50. The summed E-state index contributed by atoms with van der Waals surface area (Å²) in [6.07, 6.45) is 0. The predicted octanol–water partition coefficient (Wildman–Crippen LogP) is 3.96. The maximum Gasteiger partial charge on any atom is 0.325 e. The summed E-state index contributed by atoms with van der Waals surface area (Å²) in [6, 6.07) is 7.17. The SMILES string of the molecule is C[C@]1(c2ccc(Cl)cc2Cl)NC(=O)N(CC(=O)Nc2cc([N+](=O)[O-])ccc2Cl)C1=O. The molecule has 2 aromatic rings. The molecule has 4 amide bonds. The second-order valence-corrected chi connectivity index (χ2v) is 7.79. The van der Waals surface area contributed by atoms with Crippen LogP contribution in [0.5, 0.6) is 0 Å². The number of non-ortho nitro benzene ring substituents is 1. The molecule has 0 spiro atoms. The number of urea groups is 1. The van der Waals surface area contributed by atoms with Crippen molar-refractivity contribution in [3.05, 3.63) is 67.1 Å². The summed E-state index contributed by atoms with van der Waals surface area (Å²) >= 11 is 18.0. The van der Waals surface area contributed by atoms with Crippen LogP contribution in [-0.4, -0.2) is 34.2 Å². The molecule has 0 bridgehead atoms. The summed E-state index contributed by atoms with van der Waals surface area (Å²) < 4.78 is 0. The Labute approximate surface area is 185 Å².